The molecule has 0 aromatic heterocycles. The van der Waals surface area contributed by atoms with Gasteiger partial charge in [0.25, 0.3) is 0 Å². The van der Waals surface area contributed by atoms with Crippen LogP contribution in [-0.4, -0.2) is 37.5 Å². The van der Waals surface area contributed by atoms with Crippen LogP contribution in [0.4, 0.5) is 0 Å². The van der Waals surface area contributed by atoms with Crippen molar-refractivity contribution in [3.8, 4) is 0 Å². The molecule has 0 aliphatic rings. The van der Waals surface area contributed by atoms with Gasteiger partial charge in [-0.3, -0.25) is 0 Å². The number of hydrogen-bond donors (Lipinski definition) is 2. The van der Waals surface area contributed by atoms with Gasteiger partial charge in [0.15, 0.2) is 0 Å². The summed E-state index contributed by atoms with van der Waals surface area (Å²) in [5.41, 5.74) is 0. The van der Waals surface area contributed by atoms with E-state index < -0.39 is 0 Å². The maximum Gasteiger partial charge on any atom is 0.0615 e. The third-order valence-corrected chi connectivity index (χ3v) is 2.05. The van der Waals surface area contributed by atoms with Gasteiger partial charge in [-0.2, -0.15) is 0 Å². The smallest absolute Gasteiger partial charge is 0.0615 e. The molecule has 0 amide bonds. The van der Waals surface area contributed by atoms with Crippen molar-refractivity contribution in [2.45, 2.75) is 38.8 Å². The first-order valence-electron chi connectivity index (χ1n) is 4.64. The van der Waals surface area contributed by atoms with Crippen LogP contribution in [0.15, 0.2) is 0 Å². The molecule has 0 saturated carbocycles. The molecule has 3 heteroatoms. The molecular weight excluding hydrogens is 154 g/mol. The largest absolute Gasteiger partial charge is 0.395 e. The normalized spacial score (nSPS) is 16.0. The summed E-state index contributed by atoms with van der Waals surface area (Å²) in [5, 5.41) is 12.3. The van der Waals surface area contributed by atoms with Crippen LogP contribution in [-0.2, 0) is 4.74 Å². The summed E-state index contributed by atoms with van der Waals surface area (Å²) in [6.45, 7) is 5.10. The van der Waals surface area contributed by atoms with E-state index in [4.69, 9.17) is 9.84 Å². The SMILES string of the molecule is CCC(COC)N[C@H](CC)CO. The molecule has 0 saturated heterocycles. The third-order valence-electron chi connectivity index (χ3n) is 2.05. The molecule has 0 radical (unpaired) electrons. The Kier molecular flexibility index (Phi) is 7.45. The van der Waals surface area contributed by atoms with Gasteiger partial charge in [-0.15, -0.1) is 0 Å². The van der Waals surface area contributed by atoms with Gasteiger partial charge in [-0.05, 0) is 12.8 Å². The van der Waals surface area contributed by atoms with Crippen LogP contribution in [0.5, 0.6) is 0 Å². The molecule has 0 fully saturated rings. The second-order valence-electron chi connectivity index (χ2n) is 3.01. The Morgan fingerprint density at radius 3 is 2.17 bits per heavy atom. The Balaban J connectivity index is 3.65. The van der Waals surface area contributed by atoms with E-state index in [1.165, 1.54) is 0 Å². The van der Waals surface area contributed by atoms with Gasteiger partial charge in [0.1, 0.15) is 0 Å². The predicted molar refractivity (Wildman–Crippen MR) is 50.3 cm³/mol. The maximum absolute atomic E-state index is 8.94. The molecule has 12 heavy (non-hydrogen) atoms. The number of methoxy groups -OCH3 is 1. The fraction of sp³-hybridized carbons (Fsp3) is 1.00. The van der Waals surface area contributed by atoms with Crippen molar-refractivity contribution in [2.24, 2.45) is 0 Å². The minimum atomic E-state index is 0.205. The lowest BCUT2D eigenvalue weighted by Crippen LogP contribution is -2.42. The van der Waals surface area contributed by atoms with Crippen LogP contribution in [0.3, 0.4) is 0 Å². The van der Waals surface area contributed by atoms with Crippen molar-refractivity contribution in [2.75, 3.05) is 20.3 Å². The average molecular weight is 175 g/mol. The first-order chi connectivity index (χ1) is 5.78. The fourth-order valence-corrected chi connectivity index (χ4v) is 1.12. The highest BCUT2D eigenvalue weighted by Crippen LogP contribution is 1.97. The van der Waals surface area contributed by atoms with Crippen molar-refractivity contribution in [1.29, 1.82) is 0 Å². The first-order valence-corrected chi connectivity index (χ1v) is 4.64. The predicted octanol–water partition coefficient (Wildman–Crippen LogP) is 0.772. The maximum atomic E-state index is 8.94. The van der Waals surface area contributed by atoms with Gasteiger partial charge < -0.3 is 15.2 Å². The molecule has 0 rings (SSSR count). The van der Waals surface area contributed by atoms with Gasteiger partial charge in [-0.25, -0.2) is 0 Å². The second kappa shape index (κ2) is 7.53. The van der Waals surface area contributed by atoms with Gasteiger partial charge in [0, 0.05) is 19.2 Å². The molecule has 0 aromatic carbocycles. The van der Waals surface area contributed by atoms with Crippen LogP contribution in [0.1, 0.15) is 26.7 Å². The Bertz CT molecular complexity index is 94.5. The molecule has 0 aromatic rings. The number of ether oxygens (including phenoxy) is 1. The van der Waals surface area contributed by atoms with Crippen LogP contribution < -0.4 is 5.32 Å². The fourth-order valence-electron chi connectivity index (χ4n) is 1.12. The van der Waals surface area contributed by atoms with E-state index in [0.29, 0.717) is 12.6 Å². The summed E-state index contributed by atoms with van der Waals surface area (Å²) in [7, 11) is 1.70. The van der Waals surface area contributed by atoms with Gasteiger partial charge in [0.05, 0.1) is 13.2 Å². The Morgan fingerprint density at radius 1 is 1.25 bits per heavy atom. The van der Waals surface area contributed by atoms with Crippen molar-refractivity contribution in [1.82, 2.24) is 5.32 Å². The lowest BCUT2D eigenvalue weighted by Gasteiger charge is -2.21. The number of rotatable bonds is 7. The Morgan fingerprint density at radius 2 is 1.83 bits per heavy atom. The summed E-state index contributed by atoms with van der Waals surface area (Å²) < 4.78 is 5.04. The molecule has 2 N–H and O–H groups in total. The molecule has 0 bridgehead atoms. The molecule has 0 spiro atoms. The van der Waals surface area contributed by atoms with Crippen LogP contribution >= 0.6 is 0 Å². The molecule has 2 atom stereocenters. The van der Waals surface area contributed by atoms with Crippen molar-refractivity contribution in [3.63, 3.8) is 0 Å². The Hall–Kier alpha value is -0.120. The molecule has 74 valence electrons. The van der Waals surface area contributed by atoms with Crippen molar-refractivity contribution >= 4 is 0 Å². The summed E-state index contributed by atoms with van der Waals surface area (Å²) in [5.74, 6) is 0. The molecule has 0 aliphatic heterocycles. The minimum absolute atomic E-state index is 0.205. The van der Waals surface area contributed by atoms with Crippen LogP contribution in [0.25, 0.3) is 0 Å². The lowest BCUT2D eigenvalue weighted by atomic mass is 10.1. The summed E-state index contributed by atoms with van der Waals surface area (Å²) >= 11 is 0. The zero-order valence-corrected chi connectivity index (χ0v) is 8.34. The molecular formula is C9H21NO2. The molecule has 3 nitrogen and oxygen atoms in total. The van der Waals surface area contributed by atoms with E-state index in [9.17, 15) is 0 Å². The Labute approximate surface area is 75.1 Å². The second-order valence-corrected chi connectivity index (χ2v) is 3.01. The van der Waals surface area contributed by atoms with E-state index >= 15 is 0 Å². The quantitative estimate of drug-likeness (QED) is 0.600. The number of nitrogens with one attached hydrogen (secondary N) is 1. The van der Waals surface area contributed by atoms with E-state index in [0.717, 1.165) is 12.8 Å². The minimum Gasteiger partial charge on any atom is -0.395 e. The van der Waals surface area contributed by atoms with Crippen LogP contribution in [0.2, 0.25) is 0 Å². The molecule has 1 unspecified atom stereocenters. The first kappa shape index (κ1) is 11.9. The van der Waals surface area contributed by atoms with Crippen molar-refractivity contribution < 1.29 is 9.84 Å². The highest BCUT2D eigenvalue weighted by atomic mass is 16.5. The zero-order valence-electron chi connectivity index (χ0n) is 8.34. The van der Waals surface area contributed by atoms with Crippen molar-refractivity contribution in [3.05, 3.63) is 0 Å². The summed E-state index contributed by atoms with van der Waals surface area (Å²) in [6.07, 6.45) is 1.99. The number of aliphatic hydroxyl groups excluding tert-OH is 1. The topological polar surface area (TPSA) is 41.5 Å². The number of aliphatic hydroxyl groups is 1. The van der Waals surface area contributed by atoms with Gasteiger partial charge >= 0.3 is 0 Å². The van der Waals surface area contributed by atoms with E-state index in [2.05, 4.69) is 19.2 Å². The standard InChI is InChI=1S/C9H21NO2/c1-4-8(6-11)10-9(5-2)7-12-3/h8-11H,4-7H2,1-3H3/t8-,9?/m1/s1. The molecule has 0 aliphatic carbocycles. The highest BCUT2D eigenvalue weighted by molar-refractivity contribution is 4.71. The van der Waals surface area contributed by atoms with Gasteiger partial charge in [0.2, 0.25) is 0 Å². The summed E-state index contributed by atoms with van der Waals surface area (Å²) in [4.78, 5) is 0. The number of hydrogen-bond acceptors (Lipinski definition) is 3. The van der Waals surface area contributed by atoms with E-state index in [1.807, 2.05) is 0 Å². The molecule has 0 heterocycles. The van der Waals surface area contributed by atoms with Crippen LogP contribution in [0, 0.1) is 0 Å². The lowest BCUT2D eigenvalue weighted by molar-refractivity contribution is 0.145. The highest BCUT2D eigenvalue weighted by Gasteiger charge is 2.10. The van der Waals surface area contributed by atoms with E-state index in [1.54, 1.807) is 7.11 Å². The third kappa shape index (κ3) is 4.70. The van der Waals surface area contributed by atoms with E-state index in [-0.39, 0.29) is 12.6 Å². The summed E-state index contributed by atoms with van der Waals surface area (Å²) in [6, 6.07) is 0.581. The zero-order chi connectivity index (χ0) is 9.40. The van der Waals surface area contributed by atoms with Gasteiger partial charge in [-0.1, -0.05) is 13.8 Å². The average Bonchev–Trinajstić information content (AvgIpc) is 2.12. The monoisotopic (exact) mass is 175 g/mol.